The number of hydrogen-bond donors (Lipinski definition) is 0. The molecule has 2 heterocycles. The van der Waals surface area contributed by atoms with E-state index in [1.165, 1.54) is 89.0 Å². The van der Waals surface area contributed by atoms with E-state index in [1.807, 2.05) is 24.5 Å². The number of ether oxygens (including phenoxy) is 3. The van der Waals surface area contributed by atoms with Crippen molar-refractivity contribution in [2.75, 3.05) is 13.2 Å². The Labute approximate surface area is 248 Å². The molecule has 0 N–H and O–H groups in total. The highest BCUT2D eigenvalue weighted by molar-refractivity contribution is 5.75. The molecule has 1 aliphatic carbocycles. The van der Waals surface area contributed by atoms with Crippen LogP contribution in [0.4, 0.5) is 0 Å². The van der Waals surface area contributed by atoms with Gasteiger partial charge < -0.3 is 14.2 Å². The second-order valence-corrected chi connectivity index (χ2v) is 12.2. The minimum Gasteiger partial charge on any atom is -0.426 e. The Morgan fingerprint density at radius 2 is 1.37 bits per heavy atom. The van der Waals surface area contributed by atoms with Crippen LogP contribution in [-0.2, 0) is 14.3 Å². The Morgan fingerprint density at radius 3 is 2.02 bits per heavy atom. The molecule has 0 unspecified atom stereocenters. The molecule has 0 radical (unpaired) electrons. The molecule has 1 aromatic heterocycles. The van der Waals surface area contributed by atoms with Crippen LogP contribution < -0.4 is 4.74 Å². The summed E-state index contributed by atoms with van der Waals surface area (Å²) in [5.74, 6) is 1.97. The van der Waals surface area contributed by atoms with Crippen molar-refractivity contribution in [3.8, 4) is 17.1 Å². The zero-order valence-electron chi connectivity index (χ0n) is 25.5. The van der Waals surface area contributed by atoms with Crippen molar-refractivity contribution in [1.82, 2.24) is 9.97 Å². The van der Waals surface area contributed by atoms with Crippen LogP contribution in [0.1, 0.15) is 128 Å². The first-order valence-corrected chi connectivity index (χ1v) is 16.5. The predicted octanol–water partition coefficient (Wildman–Crippen LogP) is 9.03. The van der Waals surface area contributed by atoms with E-state index in [9.17, 15) is 4.79 Å². The molecule has 41 heavy (non-hydrogen) atoms. The minimum atomic E-state index is -0.400. The Balaban J connectivity index is 1.16. The van der Waals surface area contributed by atoms with E-state index in [0.29, 0.717) is 30.7 Å². The number of unbranched alkanes of at least 4 members (excludes halogenated alkanes) is 8. The fourth-order valence-electron chi connectivity index (χ4n) is 6.15. The molecule has 1 aromatic carbocycles. The van der Waals surface area contributed by atoms with E-state index in [4.69, 9.17) is 14.2 Å². The van der Waals surface area contributed by atoms with Gasteiger partial charge in [-0.2, -0.15) is 0 Å². The van der Waals surface area contributed by atoms with Gasteiger partial charge in [0.15, 0.2) is 12.1 Å². The average molecular weight is 565 g/mol. The van der Waals surface area contributed by atoms with E-state index >= 15 is 0 Å². The number of hydrogen-bond acceptors (Lipinski definition) is 6. The Bertz CT molecular complexity index is 994. The van der Waals surface area contributed by atoms with E-state index in [2.05, 4.69) is 23.8 Å². The minimum absolute atomic E-state index is 0.203. The van der Waals surface area contributed by atoms with Crippen LogP contribution in [0.3, 0.4) is 0 Å². The molecule has 0 amide bonds. The summed E-state index contributed by atoms with van der Waals surface area (Å²) in [5, 5.41) is 0. The molecule has 1 saturated heterocycles. The van der Waals surface area contributed by atoms with Crippen molar-refractivity contribution in [2.24, 2.45) is 11.8 Å². The number of benzene rings is 1. The maximum Gasteiger partial charge on any atom is 0.319 e. The summed E-state index contributed by atoms with van der Waals surface area (Å²) in [6.07, 6.45) is 24.5. The topological polar surface area (TPSA) is 70.5 Å². The summed E-state index contributed by atoms with van der Waals surface area (Å²) in [5.41, 5.74) is 2.17. The number of aromatic nitrogens is 2. The standard InChI is InChI=1S/C35H52N2O4/c1-3-5-7-8-9-10-12-13-27-15-17-28(18-16-27)30-23-36-34(37-24-30)29-19-21-32(22-20-29)41-35(38)31-25-39-33(40-26-31)14-11-6-4-2/h19-24,27-28,31,33H,3-18,25-26H2,1-2H3. The van der Waals surface area contributed by atoms with Crippen LogP contribution in [0.25, 0.3) is 11.4 Å². The molecule has 0 bridgehead atoms. The lowest BCUT2D eigenvalue weighted by Gasteiger charge is -2.28. The highest BCUT2D eigenvalue weighted by atomic mass is 16.7. The number of carbonyl (C=O) groups is 1. The van der Waals surface area contributed by atoms with Gasteiger partial charge in [0.05, 0.1) is 13.2 Å². The zero-order chi connectivity index (χ0) is 28.7. The maximum absolute atomic E-state index is 12.6. The molecule has 2 aliphatic rings. The normalized spacial score (nSPS) is 22.9. The van der Waals surface area contributed by atoms with E-state index < -0.39 is 5.92 Å². The highest BCUT2D eigenvalue weighted by Gasteiger charge is 2.29. The lowest BCUT2D eigenvalue weighted by atomic mass is 9.77. The van der Waals surface area contributed by atoms with Crippen molar-refractivity contribution in [1.29, 1.82) is 0 Å². The lowest BCUT2D eigenvalue weighted by molar-refractivity contribution is -0.208. The second-order valence-electron chi connectivity index (χ2n) is 12.2. The molecule has 6 heteroatoms. The van der Waals surface area contributed by atoms with Crippen molar-refractivity contribution in [3.63, 3.8) is 0 Å². The monoisotopic (exact) mass is 564 g/mol. The largest absolute Gasteiger partial charge is 0.426 e. The molecule has 226 valence electrons. The predicted molar refractivity (Wildman–Crippen MR) is 164 cm³/mol. The summed E-state index contributed by atoms with van der Waals surface area (Å²) in [6.45, 7) is 5.14. The smallest absolute Gasteiger partial charge is 0.319 e. The average Bonchev–Trinajstić information content (AvgIpc) is 3.02. The third-order valence-corrected chi connectivity index (χ3v) is 8.88. The van der Waals surface area contributed by atoms with Crippen LogP contribution in [0.2, 0.25) is 0 Å². The summed E-state index contributed by atoms with van der Waals surface area (Å²) < 4.78 is 17.0. The fourth-order valence-corrected chi connectivity index (χ4v) is 6.15. The van der Waals surface area contributed by atoms with E-state index in [-0.39, 0.29) is 12.3 Å². The maximum atomic E-state index is 12.6. The Kier molecular flexibility index (Phi) is 13.6. The molecule has 1 aliphatic heterocycles. The molecular weight excluding hydrogens is 512 g/mol. The lowest BCUT2D eigenvalue weighted by Crippen LogP contribution is -2.38. The summed E-state index contributed by atoms with van der Waals surface area (Å²) in [7, 11) is 0. The summed E-state index contributed by atoms with van der Waals surface area (Å²) in [4.78, 5) is 22.0. The van der Waals surface area contributed by atoms with Crippen LogP contribution in [0.15, 0.2) is 36.7 Å². The van der Waals surface area contributed by atoms with Gasteiger partial charge in [-0.05, 0) is 80.2 Å². The van der Waals surface area contributed by atoms with Gasteiger partial charge in [-0.3, -0.25) is 4.79 Å². The first-order valence-electron chi connectivity index (χ1n) is 16.5. The van der Waals surface area contributed by atoms with Crippen LogP contribution in [0.5, 0.6) is 5.75 Å². The van der Waals surface area contributed by atoms with Crippen molar-refractivity contribution in [2.45, 2.75) is 129 Å². The molecule has 2 fully saturated rings. The quantitative estimate of drug-likeness (QED) is 0.115. The molecular formula is C35H52N2O4. The molecule has 0 spiro atoms. The van der Waals surface area contributed by atoms with Crippen LogP contribution >= 0.6 is 0 Å². The highest BCUT2D eigenvalue weighted by Crippen LogP contribution is 2.37. The zero-order valence-corrected chi connectivity index (χ0v) is 25.5. The molecule has 6 nitrogen and oxygen atoms in total. The van der Waals surface area contributed by atoms with E-state index in [0.717, 1.165) is 30.7 Å². The Hall–Kier alpha value is -2.31. The molecule has 2 aromatic rings. The number of rotatable bonds is 16. The molecule has 4 rings (SSSR count). The third-order valence-electron chi connectivity index (χ3n) is 8.88. The van der Waals surface area contributed by atoms with Crippen molar-refractivity contribution < 1.29 is 19.0 Å². The number of esters is 1. The Morgan fingerprint density at radius 1 is 0.780 bits per heavy atom. The van der Waals surface area contributed by atoms with Gasteiger partial charge in [0.2, 0.25) is 0 Å². The van der Waals surface area contributed by atoms with Gasteiger partial charge >= 0.3 is 5.97 Å². The second kappa shape index (κ2) is 17.6. The number of nitrogens with zero attached hydrogens (tertiary/aromatic N) is 2. The first kappa shape index (κ1) is 31.6. The van der Waals surface area contributed by atoms with Crippen LogP contribution in [-0.4, -0.2) is 35.4 Å². The van der Waals surface area contributed by atoms with E-state index in [1.54, 1.807) is 12.1 Å². The summed E-state index contributed by atoms with van der Waals surface area (Å²) >= 11 is 0. The van der Waals surface area contributed by atoms with Crippen molar-refractivity contribution >= 4 is 5.97 Å². The van der Waals surface area contributed by atoms with Crippen molar-refractivity contribution in [3.05, 3.63) is 42.2 Å². The summed E-state index contributed by atoms with van der Waals surface area (Å²) in [6, 6.07) is 7.42. The molecule has 0 atom stereocenters. The van der Waals surface area contributed by atoms with Gasteiger partial charge in [0, 0.05) is 18.0 Å². The van der Waals surface area contributed by atoms with Gasteiger partial charge in [-0.1, -0.05) is 78.1 Å². The molecule has 1 saturated carbocycles. The van der Waals surface area contributed by atoms with Gasteiger partial charge in [0.1, 0.15) is 11.7 Å². The fraction of sp³-hybridized carbons (Fsp3) is 0.686. The third kappa shape index (κ3) is 10.5. The first-order chi connectivity index (χ1) is 20.2. The SMILES string of the molecule is CCCCCCCCCC1CCC(c2cnc(-c3ccc(OC(=O)C4COC(CCCCC)OC4)cc3)nc2)CC1. The van der Waals surface area contributed by atoms with Gasteiger partial charge in [-0.15, -0.1) is 0 Å². The van der Waals surface area contributed by atoms with Gasteiger partial charge in [0.25, 0.3) is 0 Å². The number of carbonyl (C=O) groups excluding carboxylic acids is 1. The van der Waals surface area contributed by atoms with Crippen LogP contribution in [0, 0.1) is 11.8 Å². The van der Waals surface area contributed by atoms with Gasteiger partial charge in [-0.25, -0.2) is 9.97 Å².